The van der Waals surface area contributed by atoms with Crippen LogP contribution >= 0.6 is 0 Å². The fourth-order valence-corrected chi connectivity index (χ4v) is 2.91. The van der Waals surface area contributed by atoms with Crippen LogP contribution in [-0.2, 0) is 4.79 Å². The molecule has 7 nitrogen and oxygen atoms in total. The van der Waals surface area contributed by atoms with Crippen molar-refractivity contribution < 1.29 is 19.1 Å². The second-order valence-electron chi connectivity index (χ2n) is 7.18. The quantitative estimate of drug-likeness (QED) is 0.475. The number of nitrogens with two attached hydrogens (primary N) is 1. The van der Waals surface area contributed by atoms with E-state index in [4.69, 9.17) is 5.73 Å². The zero-order valence-corrected chi connectivity index (χ0v) is 16.6. The summed E-state index contributed by atoms with van der Waals surface area (Å²) in [7, 11) is 3.67. The lowest BCUT2D eigenvalue weighted by atomic mass is 10.0. The maximum absolute atomic E-state index is 13.7. The van der Waals surface area contributed by atoms with Gasteiger partial charge < -0.3 is 15.7 Å². The molecule has 1 heterocycles. The van der Waals surface area contributed by atoms with Gasteiger partial charge in [-0.15, -0.1) is 0 Å². The van der Waals surface area contributed by atoms with Crippen LogP contribution in [-0.4, -0.2) is 58.2 Å². The molecule has 3 aromatic rings. The number of amides is 1. The van der Waals surface area contributed by atoms with Crippen molar-refractivity contribution in [3.63, 3.8) is 0 Å². The molecule has 1 aromatic heterocycles. The van der Waals surface area contributed by atoms with E-state index in [2.05, 4.69) is 16.9 Å². The number of rotatable bonds is 6. The Hall–Kier alpha value is -3.54. The number of fused-ring (bicyclic) bond motifs is 1. The number of benzene rings is 2. The van der Waals surface area contributed by atoms with Gasteiger partial charge in [0.05, 0.1) is 11.2 Å². The molecule has 8 heteroatoms. The molecule has 0 saturated heterocycles. The average molecular weight is 408 g/mol. The van der Waals surface area contributed by atoms with Crippen molar-refractivity contribution >= 4 is 23.1 Å². The van der Waals surface area contributed by atoms with Gasteiger partial charge in [-0.25, -0.2) is 9.07 Å². The van der Waals surface area contributed by atoms with Crippen molar-refractivity contribution in [2.75, 3.05) is 20.6 Å². The summed E-state index contributed by atoms with van der Waals surface area (Å²) in [5.74, 6) is 4.16. The summed E-state index contributed by atoms with van der Waals surface area (Å²) in [6.07, 6.45) is 0.607. The number of nitrogens with zero attached hydrogens (tertiary/aromatic N) is 3. The number of hydrogen-bond acceptors (Lipinski definition) is 5. The average Bonchev–Trinajstić information content (AvgIpc) is 3.10. The van der Waals surface area contributed by atoms with Gasteiger partial charge in [-0.1, -0.05) is 17.9 Å². The first-order valence-corrected chi connectivity index (χ1v) is 9.17. The summed E-state index contributed by atoms with van der Waals surface area (Å²) in [5.41, 5.74) is 5.19. The van der Waals surface area contributed by atoms with Crippen molar-refractivity contribution in [2.24, 2.45) is 5.73 Å². The lowest BCUT2D eigenvalue weighted by Crippen LogP contribution is -2.33. The zero-order chi connectivity index (χ0) is 21.9. The topological polar surface area (TPSA) is 101 Å². The first-order valence-electron chi connectivity index (χ1n) is 9.17. The molecule has 0 unspecified atom stereocenters. The summed E-state index contributed by atoms with van der Waals surface area (Å²) in [4.78, 5) is 24.9. The van der Waals surface area contributed by atoms with Gasteiger partial charge in [0.1, 0.15) is 5.82 Å². The highest BCUT2D eigenvalue weighted by atomic mass is 19.1. The number of primary amides is 1. The van der Waals surface area contributed by atoms with E-state index in [1.54, 1.807) is 24.3 Å². The van der Waals surface area contributed by atoms with Crippen molar-refractivity contribution in [1.29, 1.82) is 0 Å². The van der Waals surface area contributed by atoms with Crippen LogP contribution in [0.3, 0.4) is 0 Å². The highest BCUT2D eigenvalue weighted by molar-refractivity contribution is 6.04. The predicted molar refractivity (Wildman–Crippen MR) is 111 cm³/mol. The maximum atomic E-state index is 13.7. The molecule has 0 spiro atoms. The lowest BCUT2D eigenvalue weighted by molar-refractivity contribution is -0.119. The molecule has 3 rings (SSSR count). The van der Waals surface area contributed by atoms with Gasteiger partial charge in [-0.2, -0.15) is 5.10 Å². The SMILES string of the molecule is CN(C)CC[C@@](O)(C#Cc1cccc(-n2nc(C(N)=O)c3cc(F)ccc32)c1)C=O. The maximum Gasteiger partial charge on any atom is 0.269 e. The molecular weight excluding hydrogens is 387 g/mol. The monoisotopic (exact) mass is 408 g/mol. The number of aliphatic hydroxyl groups is 1. The van der Waals surface area contributed by atoms with E-state index in [1.807, 2.05) is 19.0 Å². The van der Waals surface area contributed by atoms with Crippen molar-refractivity contribution in [3.8, 4) is 17.5 Å². The van der Waals surface area contributed by atoms with Gasteiger partial charge in [0.25, 0.3) is 5.91 Å². The van der Waals surface area contributed by atoms with Crippen LogP contribution in [0.4, 0.5) is 4.39 Å². The normalized spacial score (nSPS) is 13.0. The lowest BCUT2D eigenvalue weighted by Gasteiger charge is -2.17. The summed E-state index contributed by atoms with van der Waals surface area (Å²) < 4.78 is 15.1. The minimum Gasteiger partial charge on any atom is -0.371 e. The highest BCUT2D eigenvalue weighted by Gasteiger charge is 2.23. The van der Waals surface area contributed by atoms with Gasteiger partial charge in [0.15, 0.2) is 17.6 Å². The Morgan fingerprint density at radius 1 is 1.33 bits per heavy atom. The summed E-state index contributed by atoms with van der Waals surface area (Å²) in [6.45, 7) is 0.496. The Morgan fingerprint density at radius 2 is 2.10 bits per heavy atom. The molecule has 0 fully saturated rings. The third-order valence-corrected chi connectivity index (χ3v) is 4.52. The molecule has 0 bridgehead atoms. The van der Waals surface area contributed by atoms with Crippen LogP contribution in [0.1, 0.15) is 22.5 Å². The van der Waals surface area contributed by atoms with Gasteiger partial charge in [0.2, 0.25) is 0 Å². The fourth-order valence-electron chi connectivity index (χ4n) is 2.91. The minimum atomic E-state index is -1.75. The molecule has 30 heavy (non-hydrogen) atoms. The number of aldehydes is 1. The van der Waals surface area contributed by atoms with Crippen LogP contribution in [0.2, 0.25) is 0 Å². The molecule has 154 valence electrons. The first kappa shape index (κ1) is 21.2. The predicted octanol–water partition coefficient (Wildman–Crippen LogP) is 1.50. The molecule has 0 radical (unpaired) electrons. The van der Waals surface area contributed by atoms with Crippen molar-refractivity contribution in [3.05, 3.63) is 59.5 Å². The molecule has 0 aliphatic heterocycles. The second-order valence-corrected chi connectivity index (χ2v) is 7.18. The van der Waals surface area contributed by atoms with Crippen LogP contribution in [0, 0.1) is 17.7 Å². The van der Waals surface area contributed by atoms with E-state index in [0.717, 1.165) is 0 Å². The fraction of sp³-hybridized carbons (Fsp3) is 0.227. The number of hydrogen-bond donors (Lipinski definition) is 2. The first-order chi connectivity index (χ1) is 14.2. The Kier molecular flexibility index (Phi) is 5.96. The second kappa shape index (κ2) is 8.45. The van der Waals surface area contributed by atoms with E-state index in [-0.39, 0.29) is 12.1 Å². The number of aromatic nitrogens is 2. The van der Waals surface area contributed by atoms with Crippen molar-refractivity contribution in [2.45, 2.75) is 12.0 Å². The molecule has 0 saturated carbocycles. The summed E-state index contributed by atoms with van der Waals surface area (Å²) in [6, 6.07) is 10.8. The van der Waals surface area contributed by atoms with E-state index in [9.17, 15) is 19.1 Å². The van der Waals surface area contributed by atoms with Gasteiger partial charge >= 0.3 is 0 Å². The molecule has 3 N–H and O–H groups in total. The van der Waals surface area contributed by atoms with E-state index >= 15 is 0 Å². The van der Waals surface area contributed by atoms with Crippen LogP contribution < -0.4 is 5.73 Å². The zero-order valence-electron chi connectivity index (χ0n) is 16.6. The van der Waals surface area contributed by atoms with Crippen LogP contribution in [0.15, 0.2) is 42.5 Å². The van der Waals surface area contributed by atoms with Crippen molar-refractivity contribution in [1.82, 2.24) is 14.7 Å². The Bertz CT molecular complexity index is 1180. The molecular formula is C22H21FN4O3. The third kappa shape index (κ3) is 4.54. The van der Waals surface area contributed by atoms with Crippen LogP contribution in [0.25, 0.3) is 16.6 Å². The van der Waals surface area contributed by atoms with Gasteiger partial charge in [-0.05, 0) is 50.5 Å². The minimum absolute atomic E-state index is 0.0417. The Labute approximate surface area is 172 Å². The largest absolute Gasteiger partial charge is 0.371 e. The van der Waals surface area contributed by atoms with E-state index in [0.29, 0.717) is 35.0 Å². The Balaban J connectivity index is 2.01. The molecule has 0 aliphatic carbocycles. The molecule has 2 aromatic carbocycles. The van der Waals surface area contributed by atoms with E-state index in [1.165, 1.54) is 22.9 Å². The summed E-state index contributed by atoms with van der Waals surface area (Å²) >= 11 is 0. The Morgan fingerprint density at radius 3 is 2.77 bits per heavy atom. The molecule has 1 atom stereocenters. The smallest absolute Gasteiger partial charge is 0.269 e. The number of carbonyl (C=O) groups excluding carboxylic acids is 2. The highest BCUT2D eigenvalue weighted by Crippen LogP contribution is 2.23. The van der Waals surface area contributed by atoms with E-state index < -0.39 is 17.3 Å². The number of halogens is 1. The number of carbonyl (C=O) groups is 2. The van der Waals surface area contributed by atoms with Crippen LogP contribution in [0.5, 0.6) is 0 Å². The van der Waals surface area contributed by atoms with Gasteiger partial charge in [0, 0.05) is 23.9 Å². The standard InChI is InChI=1S/C22H21FN4O3/c1-26(2)11-10-22(30,14-28)9-8-15-4-3-5-17(12-15)27-19-7-6-16(23)13-18(19)20(25-27)21(24)29/h3-7,12-14,30H,10-11H2,1-2H3,(H2,24,29)/t22-/m0/s1. The molecule has 1 amide bonds. The molecule has 0 aliphatic rings. The third-order valence-electron chi connectivity index (χ3n) is 4.52. The summed E-state index contributed by atoms with van der Waals surface area (Å²) in [5, 5.41) is 14.9. The van der Waals surface area contributed by atoms with Gasteiger partial charge in [-0.3, -0.25) is 9.59 Å².